The first kappa shape index (κ1) is 16.5. The summed E-state index contributed by atoms with van der Waals surface area (Å²) in [4.78, 5) is 13.4. The monoisotopic (exact) mass is 335 g/mol. The highest BCUT2D eigenvalue weighted by Gasteiger charge is 2.24. The number of hydrogen-bond donors (Lipinski definition) is 1. The fourth-order valence-electron chi connectivity index (χ4n) is 3.05. The third kappa shape index (κ3) is 3.57. The molecule has 2 nitrogen and oxygen atoms in total. The molecular formula is C21H21NOS. The van der Waals surface area contributed by atoms with Crippen LogP contribution >= 0.6 is 11.3 Å². The molecule has 0 saturated heterocycles. The van der Waals surface area contributed by atoms with E-state index >= 15 is 0 Å². The summed E-state index contributed by atoms with van der Waals surface area (Å²) < 4.78 is 0. The van der Waals surface area contributed by atoms with Gasteiger partial charge in [0.25, 0.3) is 5.91 Å². The Balaban J connectivity index is 1.88. The molecule has 0 fully saturated rings. The smallest absolute Gasteiger partial charge is 0.261 e. The predicted molar refractivity (Wildman–Crippen MR) is 101 cm³/mol. The SMILES string of the molecule is Cc1ccsc1C(=O)NC(C)C(c1ccccc1)c1ccccc1. The number of carbonyl (C=O) groups excluding carboxylic acids is 1. The van der Waals surface area contributed by atoms with E-state index in [1.165, 1.54) is 22.5 Å². The molecule has 0 spiro atoms. The summed E-state index contributed by atoms with van der Waals surface area (Å²) in [5.41, 5.74) is 3.44. The Morgan fingerprint density at radius 2 is 1.46 bits per heavy atom. The van der Waals surface area contributed by atoms with Gasteiger partial charge in [0, 0.05) is 12.0 Å². The number of rotatable bonds is 5. The van der Waals surface area contributed by atoms with Crippen molar-refractivity contribution in [2.45, 2.75) is 25.8 Å². The lowest BCUT2D eigenvalue weighted by Crippen LogP contribution is -2.37. The maximum atomic E-state index is 12.6. The molecule has 3 heteroatoms. The van der Waals surface area contributed by atoms with Gasteiger partial charge in [0.2, 0.25) is 0 Å². The van der Waals surface area contributed by atoms with Crippen LogP contribution in [0.1, 0.15) is 39.2 Å². The molecule has 1 aromatic heterocycles. The van der Waals surface area contributed by atoms with Gasteiger partial charge in [0.15, 0.2) is 0 Å². The first-order valence-corrected chi connectivity index (χ1v) is 8.99. The third-order valence-corrected chi connectivity index (χ3v) is 5.26. The van der Waals surface area contributed by atoms with E-state index in [-0.39, 0.29) is 17.9 Å². The van der Waals surface area contributed by atoms with Gasteiger partial charge < -0.3 is 5.32 Å². The molecule has 0 bridgehead atoms. The van der Waals surface area contributed by atoms with Crippen LogP contribution in [0.4, 0.5) is 0 Å². The second-order valence-corrected chi connectivity index (χ2v) is 6.91. The van der Waals surface area contributed by atoms with Crippen molar-refractivity contribution in [1.82, 2.24) is 5.32 Å². The molecule has 24 heavy (non-hydrogen) atoms. The zero-order chi connectivity index (χ0) is 16.9. The van der Waals surface area contributed by atoms with E-state index in [4.69, 9.17) is 0 Å². The molecule has 1 atom stereocenters. The molecule has 1 amide bonds. The van der Waals surface area contributed by atoms with Gasteiger partial charge in [-0.1, -0.05) is 60.7 Å². The van der Waals surface area contributed by atoms with Crippen LogP contribution in [-0.2, 0) is 0 Å². The fourth-order valence-corrected chi connectivity index (χ4v) is 3.88. The highest BCUT2D eigenvalue weighted by molar-refractivity contribution is 7.12. The Morgan fingerprint density at radius 1 is 0.917 bits per heavy atom. The summed E-state index contributed by atoms with van der Waals surface area (Å²) in [6.45, 7) is 4.05. The van der Waals surface area contributed by atoms with E-state index < -0.39 is 0 Å². The lowest BCUT2D eigenvalue weighted by Gasteiger charge is -2.26. The number of amides is 1. The number of thiophene rings is 1. The van der Waals surface area contributed by atoms with Gasteiger partial charge >= 0.3 is 0 Å². The molecule has 2 aromatic carbocycles. The quantitative estimate of drug-likeness (QED) is 0.698. The molecule has 1 N–H and O–H groups in total. The molecule has 0 saturated carbocycles. The van der Waals surface area contributed by atoms with E-state index in [0.29, 0.717) is 0 Å². The van der Waals surface area contributed by atoms with Crippen LogP contribution < -0.4 is 5.32 Å². The normalized spacial score (nSPS) is 12.1. The molecule has 122 valence electrons. The van der Waals surface area contributed by atoms with Crippen LogP contribution in [0.15, 0.2) is 72.1 Å². The van der Waals surface area contributed by atoms with Crippen LogP contribution in [0.25, 0.3) is 0 Å². The summed E-state index contributed by atoms with van der Waals surface area (Å²) in [6, 6.07) is 22.7. The second-order valence-electron chi connectivity index (χ2n) is 5.99. The number of benzene rings is 2. The lowest BCUT2D eigenvalue weighted by molar-refractivity contribution is 0.0940. The van der Waals surface area contributed by atoms with Crippen LogP contribution in [0, 0.1) is 6.92 Å². The van der Waals surface area contributed by atoms with Gasteiger partial charge in [0.05, 0.1) is 4.88 Å². The van der Waals surface area contributed by atoms with E-state index in [0.717, 1.165) is 10.4 Å². The van der Waals surface area contributed by atoms with Gasteiger partial charge in [-0.3, -0.25) is 4.79 Å². The number of aryl methyl sites for hydroxylation is 1. The van der Waals surface area contributed by atoms with Crippen molar-refractivity contribution in [3.63, 3.8) is 0 Å². The molecule has 3 rings (SSSR count). The van der Waals surface area contributed by atoms with Gasteiger partial charge in [-0.15, -0.1) is 11.3 Å². The van der Waals surface area contributed by atoms with Crippen molar-refractivity contribution in [1.29, 1.82) is 0 Å². The average molecular weight is 335 g/mol. The largest absolute Gasteiger partial charge is 0.348 e. The summed E-state index contributed by atoms with van der Waals surface area (Å²) in [6.07, 6.45) is 0. The van der Waals surface area contributed by atoms with E-state index in [1.807, 2.05) is 54.8 Å². The molecule has 1 heterocycles. The van der Waals surface area contributed by atoms with Gasteiger partial charge in [0.1, 0.15) is 0 Å². The minimum Gasteiger partial charge on any atom is -0.348 e. The maximum absolute atomic E-state index is 12.6. The highest BCUT2D eigenvalue weighted by Crippen LogP contribution is 2.28. The van der Waals surface area contributed by atoms with Crippen molar-refractivity contribution in [2.24, 2.45) is 0 Å². The fraction of sp³-hybridized carbons (Fsp3) is 0.190. The molecule has 0 aliphatic heterocycles. The predicted octanol–water partition coefficient (Wildman–Crippen LogP) is 5.01. The van der Waals surface area contributed by atoms with Crippen LogP contribution in [0.5, 0.6) is 0 Å². The second kappa shape index (κ2) is 7.45. The molecule has 0 radical (unpaired) electrons. The Kier molecular flexibility index (Phi) is 5.11. The number of carbonyl (C=O) groups is 1. The molecule has 1 unspecified atom stereocenters. The molecule has 0 aliphatic rings. The molecule has 3 aromatic rings. The standard InChI is InChI=1S/C21H21NOS/c1-15-13-14-24-20(15)21(23)22-16(2)19(17-9-5-3-6-10-17)18-11-7-4-8-12-18/h3-14,16,19H,1-2H3,(H,22,23). The molecular weight excluding hydrogens is 314 g/mol. The Bertz CT molecular complexity index is 755. The van der Waals surface area contributed by atoms with Crippen molar-refractivity contribution < 1.29 is 4.79 Å². The zero-order valence-corrected chi connectivity index (χ0v) is 14.7. The van der Waals surface area contributed by atoms with Crippen LogP contribution in [-0.4, -0.2) is 11.9 Å². The van der Waals surface area contributed by atoms with E-state index in [9.17, 15) is 4.79 Å². The number of hydrogen-bond acceptors (Lipinski definition) is 2. The summed E-state index contributed by atoms with van der Waals surface area (Å²) in [5.74, 6) is 0.128. The van der Waals surface area contributed by atoms with E-state index in [1.54, 1.807) is 0 Å². The zero-order valence-electron chi connectivity index (χ0n) is 13.9. The van der Waals surface area contributed by atoms with Gasteiger partial charge in [-0.25, -0.2) is 0 Å². The van der Waals surface area contributed by atoms with E-state index in [2.05, 4.69) is 36.5 Å². The highest BCUT2D eigenvalue weighted by atomic mass is 32.1. The lowest BCUT2D eigenvalue weighted by atomic mass is 9.86. The van der Waals surface area contributed by atoms with Crippen LogP contribution in [0.3, 0.4) is 0 Å². The summed E-state index contributed by atoms with van der Waals surface area (Å²) >= 11 is 1.49. The average Bonchev–Trinajstić information content (AvgIpc) is 3.03. The maximum Gasteiger partial charge on any atom is 0.261 e. The minimum absolute atomic E-state index is 0.00635. The summed E-state index contributed by atoms with van der Waals surface area (Å²) in [7, 11) is 0. The first-order chi connectivity index (χ1) is 11.7. The molecule has 0 aliphatic carbocycles. The van der Waals surface area contributed by atoms with Crippen molar-refractivity contribution in [3.05, 3.63) is 93.7 Å². The third-order valence-electron chi connectivity index (χ3n) is 4.24. The van der Waals surface area contributed by atoms with Crippen molar-refractivity contribution >= 4 is 17.2 Å². The minimum atomic E-state index is -0.0104. The van der Waals surface area contributed by atoms with Gasteiger partial charge in [-0.05, 0) is 42.0 Å². The first-order valence-electron chi connectivity index (χ1n) is 8.11. The van der Waals surface area contributed by atoms with Crippen molar-refractivity contribution in [3.8, 4) is 0 Å². The summed E-state index contributed by atoms with van der Waals surface area (Å²) in [5, 5.41) is 5.15. The Labute approximate surface area is 147 Å². The number of nitrogens with one attached hydrogen (secondary N) is 1. The van der Waals surface area contributed by atoms with Crippen molar-refractivity contribution in [2.75, 3.05) is 0 Å². The Morgan fingerprint density at radius 3 is 1.92 bits per heavy atom. The van der Waals surface area contributed by atoms with Gasteiger partial charge in [-0.2, -0.15) is 0 Å². The van der Waals surface area contributed by atoms with Crippen LogP contribution in [0.2, 0.25) is 0 Å². The Hall–Kier alpha value is -2.39. The topological polar surface area (TPSA) is 29.1 Å².